The fourth-order valence-corrected chi connectivity index (χ4v) is 2.07. The number of hydrogen-bond acceptors (Lipinski definition) is 5. The van der Waals surface area contributed by atoms with Gasteiger partial charge in [-0.15, -0.1) is 0 Å². The fraction of sp³-hybridized carbons (Fsp3) is 0.714. The highest BCUT2D eigenvalue weighted by molar-refractivity contribution is 5.38. The van der Waals surface area contributed by atoms with Gasteiger partial charge in [0, 0.05) is 13.1 Å². The summed E-state index contributed by atoms with van der Waals surface area (Å²) in [6, 6.07) is 0. The molecule has 0 bridgehead atoms. The van der Waals surface area contributed by atoms with Gasteiger partial charge in [0.25, 0.3) is 0 Å². The molecule has 1 N–H and O–H groups in total. The van der Waals surface area contributed by atoms with Gasteiger partial charge in [0.2, 0.25) is 5.88 Å². The maximum Gasteiger partial charge on any atom is 0.234 e. The Hall–Kier alpha value is -1.36. The molecule has 19 heavy (non-hydrogen) atoms. The zero-order chi connectivity index (χ0) is 13.8. The molecule has 1 aliphatic heterocycles. The van der Waals surface area contributed by atoms with E-state index in [-0.39, 0.29) is 6.10 Å². The van der Waals surface area contributed by atoms with E-state index in [1.807, 2.05) is 0 Å². The van der Waals surface area contributed by atoms with Crippen LogP contribution in [0.2, 0.25) is 0 Å². The maximum absolute atomic E-state index is 9.93. The Labute approximate surface area is 114 Å². The smallest absolute Gasteiger partial charge is 0.234 e. The van der Waals surface area contributed by atoms with E-state index < -0.39 is 0 Å². The minimum atomic E-state index is -0.296. The Morgan fingerprint density at radius 1 is 1.47 bits per heavy atom. The quantitative estimate of drug-likeness (QED) is 0.898. The summed E-state index contributed by atoms with van der Waals surface area (Å²) < 4.78 is 5.58. The molecule has 5 nitrogen and oxygen atoms in total. The van der Waals surface area contributed by atoms with Gasteiger partial charge in [0.05, 0.1) is 25.1 Å². The molecule has 106 valence electrons. The van der Waals surface area contributed by atoms with Gasteiger partial charge in [-0.2, -0.15) is 4.98 Å². The third-order valence-electron chi connectivity index (χ3n) is 3.41. The number of hydrogen-bond donors (Lipinski definition) is 1. The van der Waals surface area contributed by atoms with E-state index in [2.05, 4.69) is 35.6 Å². The first-order valence-electron chi connectivity index (χ1n) is 6.94. The molecule has 2 unspecified atom stereocenters. The van der Waals surface area contributed by atoms with Crippen molar-refractivity contribution in [3.8, 4) is 5.88 Å². The number of nitrogens with zero attached hydrogens (tertiary/aromatic N) is 3. The van der Waals surface area contributed by atoms with E-state index in [9.17, 15) is 5.11 Å². The van der Waals surface area contributed by atoms with E-state index in [1.54, 1.807) is 12.4 Å². The van der Waals surface area contributed by atoms with Gasteiger partial charge in [-0.1, -0.05) is 20.8 Å². The molecule has 2 rings (SSSR count). The molecule has 0 amide bonds. The third kappa shape index (κ3) is 3.80. The fourth-order valence-electron chi connectivity index (χ4n) is 2.07. The van der Waals surface area contributed by atoms with E-state index in [0.29, 0.717) is 30.9 Å². The first-order valence-corrected chi connectivity index (χ1v) is 6.94. The van der Waals surface area contributed by atoms with Crippen molar-refractivity contribution in [2.45, 2.75) is 33.3 Å². The molecule has 0 aliphatic carbocycles. The molecule has 0 aromatic carbocycles. The SMILES string of the molecule is CC(C)COc1cncc(N2CCC(C)C(O)C2)n1. The van der Waals surface area contributed by atoms with Crippen molar-refractivity contribution in [3.63, 3.8) is 0 Å². The van der Waals surface area contributed by atoms with Crippen molar-refractivity contribution in [3.05, 3.63) is 12.4 Å². The molecule has 1 aliphatic rings. The summed E-state index contributed by atoms with van der Waals surface area (Å²) in [6.07, 6.45) is 4.04. The topological polar surface area (TPSA) is 58.5 Å². The van der Waals surface area contributed by atoms with E-state index in [4.69, 9.17) is 4.74 Å². The van der Waals surface area contributed by atoms with Crippen LogP contribution < -0.4 is 9.64 Å². The van der Waals surface area contributed by atoms with Gasteiger partial charge in [-0.3, -0.25) is 4.98 Å². The highest BCUT2D eigenvalue weighted by atomic mass is 16.5. The summed E-state index contributed by atoms with van der Waals surface area (Å²) in [5.41, 5.74) is 0. The molecule has 2 heterocycles. The zero-order valence-electron chi connectivity index (χ0n) is 11.9. The third-order valence-corrected chi connectivity index (χ3v) is 3.41. The highest BCUT2D eigenvalue weighted by Gasteiger charge is 2.25. The lowest BCUT2D eigenvalue weighted by Gasteiger charge is -2.34. The summed E-state index contributed by atoms with van der Waals surface area (Å²) >= 11 is 0. The number of piperidine rings is 1. The molecular weight excluding hydrogens is 242 g/mol. The monoisotopic (exact) mass is 265 g/mol. The first-order chi connectivity index (χ1) is 9.06. The average molecular weight is 265 g/mol. The molecule has 5 heteroatoms. The lowest BCUT2D eigenvalue weighted by molar-refractivity contribution is 0.102. The van der Waals surface area contributed by atoms with Crippen molar-refractivity contribution in [2.75, 3.05) is 24.6 Å². The highest BCUT2D eigenvalue weighted by Crippen LogP contribution is 2.22. The molecule has 0 radical (unpaired) electrons. The van der Waals surface area contributed by atoms with Crippen LogP contribution in [0.15, 0.2) is 12.4 Å². The zero-order valence-corrected chi connectivity index (χ0v) is 11.9. The molecular formula is C14H23N3O2. The van der Waals surface area contributed by atoms with Crippen LogP contribution in [0.1, 0.15) is 27.2 Å². The second-order valence-electron chi connectivity index (χ2n) is 5.70. The van der Waals surface area contributed by atoms with E-state index in [0.717, 1.165) is 18.8 Å². The maximum atomic E-state index is 9.93. The van der Waals surface area contributed by atoms with Crippen LogP contribution in [0.5, 0.6) is 5.88 Å². The summed E-state index contributed by atoms with van der Waals surface area (Å²) in [5, 5.41) is 9.93. The summed E-state index contributed by atoms with van der Waals surface area (Å²) in [7, 11) is 0. The van der Waals surface area contributed by atoms with Gasteiger partial charge in [0.1, 0.15) is 0 Å². The Kier molecular flexibility index (Phi) is 4.58. The lowest BCUT2D eigenvalue weighted by Crippen LogP contribution is -2.43. The summed E-state index contributed by atoms with van der Waals surface area (Å²) in [4.78, 5) is 10.7. The Morgan fingerprint density at radius 3 is 2.95 bits per heavy atom. The number of aromatic nitrogens is 2. The number of rotatable bonds is 4. The van der Waals surface area contributed by atoms with Gasteiger partial charge < -0.3 is 14.7 Å². The molecule has 1 aromatic rings. The number of β-amino-alcohol motifs (C(OH)–C–C–N with tert-alkyl or cyclic N) is 1. The predicted molar refractivity (Wildman–Crippen MR) is 74.4 cm³/mol. The molecule has 1 aromatic heterocycles. The number of anilines is 1. The Balaban J connectivity index is 2.02. The van der Waals surface area contributed by atoms with Crippen molar-refractivity contribution in [1.82, 2.24) is 9.97 Å². The molecule has 1 fully saturated rings. The normalized spacial score (nSPS) is 23.7. The van der Waals surface area contributed by atoms with Crippen LogP contribution in [0, 0.1) is 11.8 Å². The van der Waals surface area contributed by atoms with Gasteiger partial charge >= 0.3 is 0 Å². The molecule has 0 spiro atoms. The number of aliphatic hydroxyl groups is 1. The number of ether oxygens (including phenoxy) is 1. The van der Waals surface area contributed by atoms with Crippen molar-refractivity contribution >= 4 is 5.82 Å². The Morgan fingerprint density at radius 2 is 2.26 bits per heavy atom. The van der Waals surface area contributed by atoms with Crippen LogP contribution in [0.25, 0.3) is 0 Å². The Bertz CT molecular complexity index is 411. The average Bonchev–Trinajstić information content (AvgIpc) is 2.40. The number of aliphatic hydroxyl groups excluding tert-OH is 1. The van der Waals surface area contributed by atoms with Crippen LogP contribution in [0.4, 0.5) is 5.82 Å². The summed E-state index contributed by atoms with van der Waals surface area (Å²) in [6.45, 7) is 8.43. The molecule has 0 saturated carbocycles. The van der Waals surface area contributed by atoms with Gasteiger partial charge in [-0.05, 0) is 18.3 Å². The van der Waals surface area contributed by atoms with Gasteiger partial charge in [-0.25, -0.2) is 0 Å². The summed E-state index contributed by atoms with van der Waals surface area (Å²) in [5.74, 6) is 2.15. The van der Waals surface area contributed by atoms with E-state index in [1.165, 1.54) is 0 Å². The minimum Gasteiger partial charge on any atom is -0.476 e. The lowest BCUT2D eigenvalue weighted by atomic mass is 9.96. The molecule has 1 saturated heterocycles. The largest absolute Gasteiger partial charge is 0.476 e. The van der Waals surface area contributed by atoms with E-state index >= 15 is 0 Å². The standard InChI is InChI=1S/C14H23N3O2/c1-10(2)9-19-14-7-15-6-13(16-14)17-5-4-11(3)12(18)8-17/h6-7,10-12,18H,4-5,8-9H2,1-3H3. The van der Waals surface area contributed by atoms with Crippen LogP contribution in [-0.2, 0) is 0 Å². The predicted octanol–water partition coefficient (Wildman–Crippen LogP) is 1.72. The van der Waals surface area contributed by atoms with Crippen LogP contribution in [0.3, 0.4) is 0 Å². The molecule has 2 atom stereocenters. The van der Waals surface area contributed by atoms with Crippen molar-refractivity contribution in [1.29, 1.82) is 0 Å². The van der Waals surface area contributed by atoms with Gasteiger partial charge in [0.15, 0.2) is 5.82 Å². The van der Waals surface area contributed by atoms with Crippen LogP contribution >= 0.6 is 0 Å². The van der Waals surface area contributed by atoms with Crippen LogP contribution in [-0.4, -0.2) is 40.9 Å². The second-order valence-corrected chi connectivity index (χ2v) is 5.70. The first kappa shape index (κ1) is 14.1. The minimum absolute atomic E-state index is 0.296. The van der Waals surface area contributed by atoms with Crippen molar-refractivity contribution < 1.29 is 9.84 Å². The second kappa shape index (κ2) is 6.19. The van der Waals surface area contributed by atoms with Crippen molar-refractivity contribution in [2.24, 2.45) is 11.8 Å².